The van der Waals surface area contributed by atoms with Crippen LogP contribution >= 0.6 is 23.2 Å². The number of hydrogen-bond acceptors (Lipinski definition) is 2. The van der Waals surface area contributed by atoms with Gasteiger partial charge in [-0.2, -0.15) is 0 Å². The van der Waals surface area contributed by atoms with Gasteiger partial charge in [-0.15, -0.1) is 0 Å². The molecule has 0 saturated heterocycles. The van der Waals surface area contributed by atoms with Crippen LogP contribution in [0.3, 0.4) is 0 Å². The molecule has 0 spiro atoms. The molecule has 0 unspecified atom stereocenters. The molecule has 4 heteroatoms. The standard InChI is InChI=1S/C15H13Cl2NO/c1-9-5-12(6-10(2)18-9)15(19)8-11-7-13(16)3-4-14(11)17/h3-7H,8H2,1-2H3. The van der Waals surface area contributed by atoms with Crippen molar-refractivity contribution in [1.82, 2.24) is 4.98 Å². The van der Waals surface area contributed by atoms with E-state index in [0.29, 0.717) is 15.6 Å². The van der Waals surface area contributed by atoms with E-state index in [1.807, 2.05) is 13.8 Å². The number of pyridine rings is 1. The molecule has 0 bridgehead atoms. The lowest BCUT2D eigenvalue weighted by Gasteiger charge is -2.06. The minimum atomic E-state index is 0.0118. The highest BCUT2D eigenvalue weighted by molar-refractivity contribution is 6.33. The van der Waals surface area contributed by atoms with Crippen LogP contribution in [0.25, 0.3) is 0 Å². The predicted octanol–water partition coefficient (Wildman–Crippen LogP) is 4.43. The molecule has 98 valence electrons. The molecule has 2 nitrogen and oxygen atoms in total. The number of carbonyl (C=O) groups excluding carboxylic acids is 1. The summed E-state index contributed by atoms with van der Waals surface area (Å²) in [4.78, 5) is 16.5. The Kier molecular flexibility index (Phi) is 4.23. The number of benzene rings is 1. The number of aryl methyl sites for hydroxylation is 2. The van der Waals surface area contributed by atoms with Gasteiger partial charge in [-0.1, -0.05) is 23.2 Å². The van der Waals surface area contributed by atoms with Crippen molar-refractivity contribution >= 4 is 29.0 Å². The smallest absolute Gasteiger partial charge is 0.167 e. The summed E-state index contributed by atoms with van der Waals surface area (Å²) >= 11 is 12.0. The number of hydrogen-bond donors (Lipinski definition) is 0. The molecular formula is C15H13Cl2NO. The molecule has 0 atom stereocenters. The van der Waals surface area contributed by atoms with Crippen molar-refractivity contribution in [3.05, 3.63) is 62.9 Å². The molecule has 0 amide bonds. The summed E-state index contributed by atoms with van der Waals surface area (Å²) in [6, 6.07) is 8.71. The zero-order chi connectivity index (χ0) is 14.0. The fourth-order valence-electron chi connectivity index (χ4n) is 1.95. The van der Waals surface area contributed by atoms with Gasteiger partial charge in [0.2, 0.25) is 0 Å². The van der Waals surface area contributed by atoms with Crippen LogP contribution in [0.5, 0.6) is 0 Å². The minimum Gasteiger partial charge on any atom is -0.294 e. The van der Waals surface area contributed by atoms with E-state index in [-0.39, 0.29) is 12.2 Å². The van der Waals surface area contributed by atoms with Crippen LogP contribution in [0.15, 0.2) is 30.3 Å². The van der Waals surface area contributed by atoms with E-state index in [4.69, 9.17) is 23.2 Å². The van der Waals surface area contributed by atoms with Crippen LogP contribution in [-0.2, 0) is 6.42 Å². The van der Waals surface area contributed by atoms with Crippen molar-refractivity contribution in [1.29, 1.82) is 0 Å². The van der Waals surface area contributed by atoms with Crippen LogP contribution in [-0.4, -0.2) is 10.8 Å². The average molecular weight is 294 g/mol. The number of nitrogens with zero attached hydrogens (tertiary/aromatic N) is 1. The second-order valence-electron chi connectivity index (χ2n) is 4.47. The molecule has 0 fully saturated rings. The SMILES string of the molecule is Cc1cc(C(=O)Cc2cc(Cl)ccc2Cl)cc(C)n1. The average Bonchev–Trinajstić information content (AvgIpc) is 2.32. The molecule has 1 heterocycles. The Morgan fingerprint density at radius 2 is 1.74 bits per heavy atom. The predicted molar refractivity (Wildman–Crippen MR) is 78.2 cm³/mol. The van der Waals surface area contributed by atoms with Gasteiger partial charge in [0.05, 0.1) is 0 Å². The van der Waals surface area contributed by atoms with Gasteiger partial charge in [0.15, 0.2) is 5.78 Å². The minimum absolute atomic E-state index is 0.0118. The fourth-order valence-corrected chi connectivity index (χ4v) is 2.33. The second kappa shape index (κ2) is 5.72. The number of Topliss-reactive ketones (excluding diaryl/α,β-unsaturated/α-hetero) is 1. The first-order chi connectivity index (χ1) is 8.95. The molecule has 0 saturated carbocycles. The van der Waals surface area contributed by atoms with Crippen LogP contribution in [0.2, 0.25) is 10.0 Å². The molecule has 0 aliphatic carbocycles. The first-order valence-electron chi connectivity index (χ1n) is 5.88. The molecule has 2 rings (SSSR count). The maximum Gasteiger partial charge on any atom is 0.167 e. The van der Waals surface area contributed by atoms with Gasteiger partial charge in [-0.25, -0.2) is 0 Å². The van der Waals surface area contributed by atoms with Gasteiger partial charge in [-0.3, -0.25) is 9.78 Å². The molecule has 19 heavy (non-hydrogen) atoms. The summed E-state index contributed by atoms with van der Waals surface area (Å²) in [5.74, 6) is 0.0118. The summed E-state index contributed by atoms with van der Waals surface area (Å²) in [7, 11) is 0. The zero-order valence-corrected chi connectivity index (χ0v) is 12.2. The Labute approximate surface area is 122 Å². The molecule has 1 aromatic heterocycles. The Bertz CT molecular complexity index is 618. The van der Waals surface area contributed by atoms with Crippen molar-refractivity contribution < 1.29 is 4.79 Å². The van der Waals surface area contributed by atoms with Gasteiger partial charge in [-0.05, 0) is 49.7 Å². The fraction of sp³-hybridized carbons (Fsp3) is 0.200. The topological polar surface area (TPSA) is 30.0 Å². The summed E-state index contributed by atoms with van der Waals surface area (Å²) in [5, 5.41) is 1.13. The summed E-state index contributed by atoms with van der Waals surface area (Å²) in [5.41, 5.74) is 3.06. The lowest BCUT2D eigenvalue weighted by Crippen LogP contribution is -2.05. The highest BCUT2D eigenvalue weighted by atomic mass is 35.5. The molecule has 0 radical (unpaired) electrons. The number of carbonyl (C=O) groups is 1. The van der Waals surface area contributed by atoms with Crippen molar-refractivity contribution in [2.75, 3.05) is 0 Å². The van der Waals surface area contributed by atoms with E-state index >= 15 is 0 Å². The van der Waals surface area contributed by atoms with E-state index in [9.17, 15) is 4.79 Å². The van der Waals surface area contributed by atoms with Gasteiger partial charge >= 0.3 is 0 Å². The third-order valence-corrected chi connectivity index (χ3v) is 3.37. The monoisotopic (exact) mass is 293 g/mol. The number of aromatic nitrogens is 1. The lowest BCUT2D eigenvalue weighted by atomic mass is 10.0. The number of halogens is 2. The molecule has 0 aliphatic rings. The van der Waals surface area contributed by atoms with Crippen LogP contribution in [0.4, 0.5) is 0 Å². The maximum atomic E-state index is 12.3. The van der Waals surface area contributed by atoms with E-state index in [2.05, 4.69) is 4.98 Å². The molecule has 0 aliphatic heterocycles. The van der Waals surface area contributed by atoms with Crippen LogP contribution in [0.1, 0.15) is 27.3 Å². The highest BCUT2D eigenvalue weighted by Gasteiger charge is 2.11. The normalized spacial score (nSPS) is 10.5. The van der Waals surface area contributed by atoms with Crippen molar-refractivity contribution in [3.63, 3.8) is 0 Å². The highest BCUT2D eigenvalue weighted by Crippen LogP contribution is 2.22. The van der Waals surface area contributed by atoms with E-state index in [1.165, 1.54) is 0 Å². The van der Waals surface area contributed by atoms with Gasteiger partial charge < -0.3 is 0 Å². The Morgan fingerprint density at radius 1 is 1.11 bits per heavy atom. The van der Waals surface area contributed by atoms with E-state index in [1.54, 1.807) is 30.3 Å². The van der Waals surface area contributed by atoms with Crippen molar-refractivity contribution in [2.24, 2.45) is 0 Å². The largest absolute Gasteiger partial charge is 0.294 e. The Morgan fingerprint density at radius 3 is 2.37 bits per heavy atom. The third kappa shape index (κ3) is 3.55. The van der Waals surface area contributed by atoms with Crippen LogP contribution in [0, 0.1) is 13.8 Å². The zero-order valence-electron chi connectivity index (χ0n) is 10.7. The van der Waals surface area contributed by atoms with Crippen LogP contribution < -0.4 is 0 Å². The molecule has 0 N–H and O–H groups in total. The van der Waals surface area contributed by atoms with Crippen molar-refractivity contribution in [2.45, 2.75) is 20.3 Å². The summed E-state index contributed by atoms with van der Waals surface area (Å²) in [6.45, 7) is 3.74. The van der Waals surface area contributed by atoms with Gasteiger partial charge in [0.25, 0.3) is 0 Å². The third-order valence-electron chi connectivity index (χ3n) is 2.76. The van der Waals surface area contributed by atoms with Crippen molar-refractivity contribution in [3.8, 4) is 0 Å². The van der Waals surface area contributed by atoms with Gasteiger partial charge in [0.1, 0.15) is 0 Å². The van der Waals surface area contributed by atoms with Gasteiger partial charge in [0, 0.05) is 33.4 Å². The molecule has 2 aromatic rings. The summed E-state index contributed by atoms with van der Waals surface area (Å²) < 4.78 is 0. The quantitative estimate of drug-likeness (QED) is 0.784. The van der Waals surface area contributed by atoms with E-state index < -0.39 is 0 Å². The molecular weight excluding hydrogens is 281 g/mol. The van der Waals surface area contributed by atoms with E-state index in [0.717, 1.165) is 17.0 Å². The maximum absolute atomic E-state index is 12.3. The molecule has 1 aromatic carbocycles. The first-order valence-corrected chi connectivity index (χ1v) is 6.64. The Balaban J connectivity index is 2.28. The summed E-state index contributed by atoms with van der Waals surface area (Å²) in [6.07, 6.45) is 0.238. The number of rotatable bonds is 3. The Hall–Kier alpha value is -1.38. The second-order valence-corrected chi connectivity index (χ2v) is 5.32. The number of ketones is 1. The first kappa shape index (κ1) is 14.0. The lowest BCUT2D eigenvalue weighted by molar-refractivity contribution is 0.0992.